The zero-order valence-electron chi connectivity index (χ0n) is 13.1. The van der Waals surface area contributed by atoms with E-state index >= 15 is 0 Å². The maximum absolute atomic E-state index is 3.87. The van der Waals surface area contributed by atoms with E-state index in [4.69, 9.17) is 0 Å². The Morgan fingerprint density at radius 3 is 2.85 bits per heavy atom. The van der Waals surface area contributed by atoms with E-state index in [2.05, 4.69) is 47.8 Å². The van der Waals surface area contributed by atoms with Crippen LogP contribution in [0.25, 0.3) is 0 Å². The zero-order valence-corrected chi connectivity index (χ0v) is 13.9. The maximum Gasteiger partial charge on any atom is 0.0309 e. The molecule has 20 heavy (non-hydrogen) atoms. The average molecular weight is 292 g/mol. The molecule has 2 unspecified atom stereocenters. The van der Waals surface area contributed by atoms with Gasteiger partial charge in [0.15, 0.2) is 0 Å². The summed E-state index contributed by atoms with van der Waals surface area (Å²) in [6, 6.07) is 2.97. The molecule has 0 spiro atoms. The lowest BCUT2D eigenvalue weighted by atomic mass is 9.88. The first-order valence-corrected chi connectivity index (χ1v) is 9.03. The summed E-state index contributed by atoms with van der Waals surface area (Å²) in [5, 5.41) is 8.37. The van der Waals surface area contributed by atoms with Crippen molar-refractivity contribution >= 4 is 11.3 Å². The lowest BCUT2D eigenvalue weighted by Crippen LogP contribution is -2.65. The number of thiophene rings is 1. The molecule has 3 heteroatoms. The lowest BCUT2D eigenvalue weighted by Gasteiger charge is -2.48. The van der Waals surface area contributed by atoms with E-state index in [1.54, 1.807) is 0 Å². The number of hydrogen-bond donors (Lipinski definition) is 1. The highest BCUT2D eigenvalue weighted by Crippen LogP contribution is 2.41. The van der Waals surface area contributed by atoms with Crippen molar-refractivity contribution in [2.45, 2.75) is 51.6 Å². The normalized spacial score (nSPS) is 31.9. The van der Waals surface area contributed by atoms with Crippen LogP contribution in [-0.2, 0) is 6.42 Å². The van der Waals surface area contributed by atoms with Gasteiger partial charge in [-0.1, -0.05) is 13.8 Å². The topological polar surface area (TPSA) is 15.3 Å². The van der Waals surface area contributed by atoms with Gasteiger partial charge in [-0.25, -0.2) is 0 Å². The fraction of sp³-hybridized carbons (Fsp3) is 0.765. The Labute approximate surface area is 127 Å². The van der Waals surface area contributed by atoms with Gasteiger partial charge in [-0.15, -0.1) is 0 Å². The summed E-state index contributed by atoms with van der Waals surface area (Å²) in [4.78, 5) is 2.76. The molecule has 2 nitrogen and oxygen atoms in total. The average Bonchev–Trinajstić information content (AvgIpc) is 3.15. The van der Waals surface area contributed by atoms with Crippen LogP contribution in [0.15, 0.2) is 16.8 Å². The van der Waals surface area contributed by atoms with Crippen molar-refractivity contribution in [1.82, 2.24) is 10.2 Å². The smallest absolute Gasteiger partial charge is 0.0309 e. The molecular weight excluding hydrogens is 264 g/mol. The highest BCUT2D eigenvalue weighted by molar-refractivity contribution is 7.07. The summed E-state index contributed by atoms with van der Waals surface area (Å²) in [6.45, 7) is 10.8. The van der Waals surface area contributed by atoms with Crippen molar-refractivity contribution in [2.75, 3.05) is 19.6 Å². The number of rotatable bonds is 5. The number of nitrogens with one attached hydrogen (secondary N) is 1. The third-order valence-electron chi connectivity index (χ3n) is 5.23. The minimum Gasteiger partial charge on any atom is -0.308 e. The highest BCUT2D eigenvalue weighted by Gasteiger charge is 2.46. The molecule has 112 valence electrons. The van der Waals surface area contributed by atoms with E-state index in [0.29, 0.717) is 11.6 Å². The van der Waals surface area contributed by atoms with Crippen LogP contribution in [0.5, 0.6) is 0 Å². The molecule has 1 N–H and O–H groups in total. The minimum absolute atomic E-state index is 0.361. The van der Waals surface area contributed by atoms with Gasteiger partial charge in [-0.2, -0.15) is 11.3 Å². The molecular formula is C17H28N2S. The molecule has 2 fully saturated rings. The molecule has 0 bridgehead atoms. The Hall–Kier alpha value is -0.380. The van der Waals surface area contributed by atoms with Crippen LogP contribution in [-0.4, -0.2) is 36.1 Å². The summed E-state index contributed by atoms with van der Waals surface area (Å²) in [7, 11) is 0. The monoisotopic (exact) mass is 292 g/mol. The molecule has 2 heterocycles. The standard InChI is InChI=1S/C17H28N2S/c1-13(2)16-10-18-17(3,15-4-5-15)12-19(16)8-6-14-7-9-20-11-14/h7,9,11,13,15-16,18H,4-6,8,10,12H2,1-3H3. The number of nitrogens with zero attached hydrogens (tertiary/aromatic N) is 1. The molecule has 1 saturated heterocycles. The Morgan fingerprint density at radius 2 is 2.25 bits per heavy atom. The van der Waals surface area contributed by atoms with Crippen LogP contribution in [0.4, 0.5) is 0 Å². The van der Waals surface area contributed by atoms with Gasteiger partial charge in [0.1, 0.15) is 0 Å². The van der Waals surface area contributed by atoms with Crippen LogP contribution in [0.1, 0.15) is 39.2 Å². The first-order chi connectivity index (χ1) is 9.58. The number of hydrogen-bond acceptors (Lipinski definition) is 3. The molecule has 2 aliphatic rings. The number of piperazine rings is 1. The van der Waals surface area contributed by atoms with Crippen LogP contribution in [0, 0.1) is 11.8 Å². The zero-order chi connectivity index (χ0) is 14.2. The third-order valence-corrected chi connectivity index (χ3v) is 5.96. The Morgan fingerprint density at radius 1 is 1.45 bits per heavy atom. The van der Waals surface area contributed by atoms with E-state index in [9.17, 15) is 0 Å². The van der Waals surface area contributed by atoms with Gasteiger partial charge in [0.25, 0.3) is 0 Å². The van der Waals surface area contributed by atoms with Gasteiger partial charge in [0, 0.05) is 31.2 Å². The van der Waals surface area contributed by atoms with Crippen LogP contribution < -0.4 is 5.32 Å². The minimum atomic E-state index is 0.361. The van der Waals surface area contributed by atoms with E-state index in [1.807, 2.05) is 11.3 Å². The first-order valence-electron chi connectivity index (χ1n) is 8.08. The van der Waals surface area contributed by atoms with Gasteiger partial charge in [-0.3, -0.25) is 4.90 Å². The Balaban J connectivity index is 1.65. The van der Waals surface area contributed by atoms with Gasteiger partial charge in [-0.05, 0) is 60.4 Å². The molecule has 2 atom stereocenters. The van der Waals surface area contributed by atoms with Crippen LogP contribution in [0.3, 0.4) is 0 Å². The van der Waals surface area contributed by atoms with Crippen molar-refractivity contribution in [3.05, 3.63) is 22.4 Å². The molecule has 1 saturated carbocycles. The van der Waals surface area contributed by atoms with Gasteiger partial charge in [0.05, 0.1) is 0 Å². The highest BCUT2D eigenvalue weighted by atomic mass is 32.1. The van der Waals surface area contributed by atoms with E-state index in [0.717, 1.165) is 18.4 Å². The van der Waals surface area contributed by atoms with Crippen LogP contribution >= 0.6 is 11.3 Å². The molecule has 1 aliphatic carbocycles. The van der Waals surface area contributed by atoms with E-state index in [-0.39, 0.29) is 0 Å². The van der Waals surface area contributed by atoms with Crippen molar-refractivity contribution in [2.24, 2.45) is 11.8 Å². The molecule has 1 aromatic rings. The summed E-state index contributed by atoms with van der Waals surface area (Å²) in [5.41, 5.74) is 1.87. The Bertz CT molecular complexity index is 424. The van der Waals surface area contributed by atoms with Gasteiger partial charge < -0.3 is 5.32 Å². The largest absolute Gasteiger partial charge is 0.308 e. The van der Waals surface area contributed by atoms with Gasteiger partial charge in [0.2, 0.25) is 0 Å². The predicted molar refractivity (Wildman–Crippen MR) is 87.4 cm³/mol. The molecule has 0 amide bonds. The third kappa shape index (κ3) is 3.10. The molecule has 1 aliphatic heterocycles. The quantitative estimate of drug-likeness (QED) is 0.895. The van der Waals surface area contributed by atoms with Crippen molar-refractivity contribution in [3.8, 4) is 0 Å². The second kappa shape index (κ2) is 5.78. The van der Waals surface area contributed by atoms with Crippen molar-refractivity contribution in [3.63, 3.8) is 0 Å². The summed E-state index contributed by atoms with van der Waals surface area (Å²) >= 11 is 1.82. The van der Waals surface area contributed by atoms with Crippen molar-refractivity contribution < 1.29 is 0 Å². The fourth-order valence-electron chi connectivity index (χ4n) is 3.67. The SMILES string of the molecule is CC(C)C1CNC(C)(C2CC2)CN1CCc1ccsc1. The lowest BCUT2D eigenvalue weighted by molar-refractivity contribution is 0.0534. The Kier molecular flexibility index (Phi) is 4.21. The second-order valence-electron chi connectivity index (χ2n) is 7.24. The molecule has 0 radical (unpaired) electrons. The van der Waals surface area contributed by atoms with Crippen molar-refractivity contribution in [1.29, 1.82) is 0 Å². The van der Waals surface area contributed by atoms with Gasteiger partial charge >= 0.3 is 0 Å². The summed E-state index contributed by atoms with van der Waals surface area (Å²) in [6.07, 6.45) is 4.05. The predicted octanol–water partition coefficient (Wildman–Crippen LogP) is 3.39. The first kappa shape index (κ1) is 14.6. The molecule has 0 aromatic carbocycles. The van der Waals surface area contributed by atoms with E-state index < -0.39 is 0 Å². The fourth-order valence-corrected chi connectivity index (χ4v) is 4.37. The van der Waals surface area contributed by atoms with Crippen LogP contribution in [0.2, 0.25) is 0 Å². The van der Waals surface area contributed by atoms with E-state index in [1.165, 1.54) is 37.9 Å². The summed E-state index contributed by atoms with van der Waals surface area (Å²) < 4.78 is 0. The summed E-state index contributed by atoms with van der Waals surface area (Å²) in [5.74, 6) is 1.65. The second-order valence-corrected chi connectivity index (χ2v) is 8.02. The maximum atomic E-state index is 3.87. The molecule has 1 aromatic heterocycles. The molecule has 3 rings (SSSR count).